The Morgan fingerprint density at radius 3 is 2.33 bits per heavy atom. The van der Waals surface area contributed by atoms with Crippen LogP contribution in [0.15, 0.2) is 24.3 Å². The number of hydrogen-bond donors (Lipinski definition) is 0. The van der Waals surface area contributed by atoms with Gasteiger partial charge in [0.2, 0.25) is 0 Å². The van der Waals surface area contributed by atoms with E-state index in [4.69, 9.17) is 9.47 Å². The molecule has 3 heteroatoms. The third-order valence-electron chi connectivity index (χ3n) is 3.51. The molecule has 1 aliphatic carbocycles. The highest BCUT2D eigenvalue weighted by atomic mass is 16.5. The summed E-state index contributed by atoms with van der Waals surface area (Å²) in [6, 6.07) is 3.92. The Kier molecular flexibility index (Phi) is 3.16. The summed E-state index contributed by atoms with van der Waals surface area (Å²) in [7, 11) is 3.30. The zero-order valence-electron chi connectivity index (χ0n) is 11.2. The number of ketones is 1. The van der Waals surface area contributed by atoms with Crippen LogP contribution in [0.4, 0.5) is 0 Å². The number of methoxy groups -OCH3 is 2. The molecule has 0 saturated carbocycles. The Morgan fingerprint density at radius 1 is 1.17 bits per heavy atom. The summed E-state index contributed by atoms with van der Waals surface area (Å²) in [5, 5.41) is 0. The molecule has 1 aromatic carbocycles. The molecule has 0 heterocycles. The number of benzene rings is 1. The van der Waals surface area contributed by atoms with Gasteiger partial charge in [0.25, 0.3) is 0 Å². The van der Waals surface area contributed by atoms with Crippen LogP contribution in [0.3, 0.4) is 0 Å². The summed E-state index contributed by atoms with van der Waals surface area (Å²) in [4.78, 5) is 11.5. The average molecular weight is 246 g/mol. The third-order valence-corrected chi connectivity index (χ3v) is 3.51. The van der Waals surface area contributed by atoms with Crippen molar-refractivity contribution in [1.29, 1.82) is 0 Å². The molecular weight excluding hydrogens is 228 g/mol. The lowest BCUT2D eigenvalue weighted by molar-refractivity contribution is -0.114. The van der Waals surface area contributed by atoms with Gasteiger partial charge in [0.1, 0.15) is 11.5 Å². The lowest BCUT2D eigenvalue weighted by Gasteiger charge is -2.25. The minimum atomic E-state index is -0.302. The Bertz CT molecular complexity index is 517. The summed E-state index contributed by atoms with van der Waals surface area (Å²) >= 11 is 0. The number of aryl methyl sites for hydroxylation is 1. The lowest BCUT2D eigenvalue weighted by Crippen LogP contribution is -2.19. The van der Waals surface area contributed by atoms with Gasteiger partial charge in [-0.1, -0.05) is 13.0 Å². The summed E-state index contributed by atoms with van der Waals surface area (Å²) < 4.78 is 10.8. The number of rotatable bonds is 3. The molecule has 0 spiro atoms. The van der Waals surface area contributed by atoms with Crippen molar-refractivity contribution in [1.82, 2.24) is 0 Å². The molecule has 1 aliphatic rings. The fraction of sp³-hybridized carbons (Fsp3) is 0.400. The Hall–Kier alpha value is -1.77. The van der Waals surface area contributed by atoms with Crippen molar-refractivity contribution in [2.45, 2.75) is 25.7 Å². The molecule has 0 radical (unpaired) electrons. The summed E-state index contributed by atoms with van der Waals surface area (Å²) in [5.41, 5.74) is 1.72. The van der Waals surface area contributed by atoms with Gasteiger partial charge in [-0.05, 0) is 30.7 Å². The molecule has 0 fully saturated rings. The van der Waals surface area contributed by atoms with Crippen molar-refractivity contribution in [3.05, 3.63) is 35.4 Å². The van der Waals surface area contributed by atoms with Gasteiger partial charge in [0, 0.05) is 17.4 Å². The molecular formula is C15H18O3. The van der Waals surface area contributed by atoms with Crippen molar-refractivity contribution >= 4 is 5.78 Å². The van der Waals surface area contributed by atoms with Crippen molar-refractivity contribution < 1.29 is 14.3 Å². The van der Waals surface area contributed by atoms with Gasteiger partial charge < -0.3 is 9.47 Å². The Balaban J connectivity index is 2.56. The summed E-state index contributed by atoms with van der Waals surface area (Å²) in [5.74, 6) is 1.77. The van der Waals surface area contributed by atoms with Crippen LogP contribution in [0.5, 0.6) is 11.5 Å². The van der Waals surface area contributed by atoms with Crippen molar-refractivity contribution in [2.75, 3.05) is 14.2 Å². The molecule has 0 aliphatic heterocycles. The van der Waals surface area contributed by atoms with Crippen LogP contribution in [0, 0.1) is 6.92 Å². The first kappa shape index (κ1) is 12.7. The van der Waals surface area contributed by atoms with E-state index in [1.54, 1.807) is 20.3 Å². The maximum absolute atomic E-state index is 11.5. The first-order valence-electron chi connectivity index (χ1n) is 5.95. The van der Waals surface area contributed by atoms with Gasteiger partial charge in [-0.2, -0.15) is 0 Å². The van der Waals surface area contributed by atoms with Crippen LogP contribution in [-0.2, 0) is 10.2 Å². The Morgan fingerprint density at radius 2 is 1.83 bits per heavy atom. The molecule has 0 bridgehead atoms. The molecule has 0 amide bonds. The van der Waals surface area contributed by atoms with E-state index in [9.17, 15) is 4.79 Å². The topological polar surface area (TPSA) is 35.5 Å². The SMILES string of the molecule is COc1cc([C@@]2(C)C=CC(=O)C2)c(OC)cc1C. The normalized spacial score (nSPS) is 22.3. The first-order valence-corrected chi connectivity index (χ1v) is 5.95. The largest absolute Gasteiger partial charge is 0.496 e. The van der Waals surface area contributed by atoms with Gasteiger partial charge in [-0.25, -0.2) is 0 Å². The van der Waals surface area contributed by atoms with E-state index in [2.05, 4.69) is 0 Å². The minimum Gasteiger partial charge on any atom is -0.496 e. The highest BCUT2D eigenvalue weighted by Gasteiger charge is 2.34. The fourth-order valence-electron chi connectivity index (χ4n) is 2.44. The molecule has 18 heavy (non-hydrogen) atoms. The number of hydrogen-bond acceptors (Lipinski definition) is 3. The minimum absolute atomic E-state index is 0.152. The van der Waals surface area contributed by atoms with Gasteiger partial charge in [-0.3, -0.25) is 4.79 Å². The van der Waals surface area contributed by atoms with Crippen molar-refractivity contribution in [3.8, 4) is 11.5 Å². The predicted molar refractivity (Wildman–Crippen MR) is 70.4 cm³/mol. The van der Waals surface area contributed by atoms with Crippen LogP contribution in [-0.4, -0.2) is 20.0 Å². The molecule has 0 saturated heterocycles. The molecule has 96 valence electrons. The summed E-state index contributed by atoms with van der Waals surface area (Å²) in [6.07, 6.45) is 4.07. The van der Waals surface area contributed by atoms with E-state index in [1.807, 2.05) is 32.1 Å². The molecule has 1 aromatic rings. The maximum atomic E-state index is 11.5. The van der Waals surface area contributed by atoms with Crippen LogP contribution in [0.25, 0.3) is 0 Å². The van der Waals surface area contributed by atoms with Crippen LogP contribution in [0.2, 0.25) is 0 Å². The predicted octanol–water partition coefficient (Wildman–Crippen LogP) is 2.80. The van der Waals surface area contributed by atoms with Gasteiger partial charge in [0.15, 0.2) is 5.78 Å². The number of carbonyl (C=O) groups is 1. The van der Waals surface area contributed by atoms with E-state index in [-0.39, 0.29) is 11.2 Å². The first-order chi connectivity index (χ1) is 8.50. The molecule has 2 rings (SSSR count). The third kappa shape index (κ3) is 2.01. The van der Waals surface area contributed by atoms with Gasteiger partial charge >= 0.3 is 0 Å². The van der Waals surface area contributed by atoms with Crippen molar-refractivity contribution in [2.24, 2.45) is 0 Å². The van der Waals surface area contributed by atoms with Crippen molar-refractivity contribution in [3.63, 3.8) is 0 Å². The second kappa shape index (κ2) is 4.48. The lowest BCUT2D eigenvalue weighted by atomic mass is 9.81. The quantitative estimate of drug-likeness (QED) is 0.822. The number of allylic oxidation sites excluding steroid dienone is 2. The monoisotopic (exact) mass is 246 g/mol. The molecule has 1 atom stereocenters. The highest BCUT2D eigenvalue weighted by Crippen LogP contribution is 2.41. The average Bonchev–Trinajstić information content (AvgIpc) is 2.69. The molecule has 0 unspecified atom stereocenters. The van der Waals surface area contributed by atoms with E-state index >= 15 is 0 Å². The molecule has 3 nitrogen and oxygen atoms in total. The van der Waals surface area contributed by atoms with Crippen LogP contribution < -0.4 is 9.47 Å². The molecule has 0 aromatic heterocycles. The fourth-order valence-corrected chi connectivity index (χ4v) is 2.44. The van der Waals surface area contributed by atoms with E-state index in [0.717, 1.165) is 22.6 Å². The van der Waals surface area contributed by atoms with E-state index in [1.165, 1.54) is 0 Å². The summed E-state index contributed by atoms with van der Waals surface area (Å²) in [6.45, 7) is 4.02. The number of carbonyl (C=O) groups excluding carboxylic acids is 1. The second-order valence-corrected chi connectivity index (χ2v) is 4.92. The van der Waals surface area contributed by atoms with Gasteiger partial charge in [-0.15, -0.1) is 0 Å². The zero-order chi connectivity index (χ0) is 13.3. The number of ether oxygens (including phenoxy) is 2. The molecule has 0 N–H and O–H groups in total. The second-order valence-electron chi connectivity index (χ2n) is 4.92. The van der Waals surface area contributed by atoms with Crippen LogP contribution in [0.1, 0.15) is 24.5 Å². The zero-order valence-corrected chi connectivity index (χ0v) is 11.2. The van der Waals surface area contributed by atoms with E-state index in [0.29, 0.717) is 6.42 Å². The van der Waals surface area contributed by atoms with Crippen LogP contribution >= 0.6 is 0 Å². The standard InChI is InChI=1S/C15H18O3/c1-10-7-14(18-4)12(8-13(10)17-3)15(2)6-5-11(16)9-15/h5-8H,9H2,1-4H3/t15-/m0/s1. The smallest absolute Gasteiger partial charge is 0.156 e. The maximum Gasteiger partial charge on any atom is 0.156 e. The Labute approximate surface area is 107 Å². The van der Waals surface area contributed by atoms with E-state index < -0.39 is 0 Å². The highest BCUT2D eigenvalue weighted by molar-refractivity contribution is 5.94. The van der Waals surface area contributed by atoms with Gasteiger partial charge in [0.05, 0.1) is 14.2 Å².